The van der Waals surface area contributed by atoms with E-state index in [4.69, 9.17) is 16.3 Å². The highest BCUT2D eigenvalue weighted by Gasteiger charge is 2.19. The number of aryl methyl sites for hydroxylation is 2. The predicted molar refractivity (Wildman–Crippen MR) is 133 cm³/mol. The van der Waals surface area contributed by atoms with Crippen LogP contribution in [0.5, 0.6) is 5.75 Å². The third-order valence-electron chi connectivity index (χ3n) is 5.59. The first-order valence-corrected chi connectivity index (χ1v) is 13.3. The fourth-order valence-electron chi connectivity index (χ4n) is 4.05. The SMILES string of the molecule is COc1c(F)ccc(Nc2nc(Nc3ccc4c(c3)CCCCC4)ncc2Cl)c1P(C)C. The molecule has 0 spiro atoms. The lowest BCUT2D eigenvalue weighted by molar-refractivity contribution is 0.390. The molecule has 0 atom stereocenters. The van der Waals surface area contributed by atoms with Crippen molar-refractivity contribution in [2.45, 2.75) is 32.1 Å². The quantitative estimate of drug-likeness (QED) is 0.321. The molecule has 1 aliphatic carbocycles. The van der Waals surface area contributed by atoms with Crippen molar-refractivity contribution in [1.82, 2.24) is 9.97 Å². The van der Waals surface area contributed by atoms with Crippen molar-refractivity contribution in [2.75, 3.05) is 31.1 Å². The number of nitrogens with one attached hydrogen (secondary N) is 2. The standard InChI is InChI=1S/C24H27ClFN4OP/c1-31-21-19(26)11-12-20(22(21)32(2)3)29-23-18(25)14-27-24(30-23)28-17-10-9-15-7-5-4-6-8-16(15)13-17/h9-14H,4-8H2,1-3H3,(H2,27,28,29,30). The average Bonchev–Trinajstić information content (AvgIpc) is 3.01. The Kier molecular flexibility index (Phi) is 7.12. The number of aromatic nitrogens is 2. The van der Waals surface area contributed by atoms with Crippen LogP contribution in [-0.4, -0.2) is 30.4 Å². The zero-order chi connectivity index (χ0) is 22.7. The number of benzene rings is 2. The highest BCUT2D eigenvalue weighted by molar-refractivity contribution is 7.64. The summed E-state index contributed by atoms with van der Waals surface area (Å²) in [5, 5.41) is 7.72. The van der Waals surface area contributed by atoms with Crippen LogP contribution in [0.25, 0.3) is 0 Å². The van der Waals surface area contributed by atoms with E-state index in [1.807, 2.05) is 13.3 Å². The van der Waals surface area contributed by atoms with Crippen LogP contribution in [-0.2, 0) is 12.8 Å². The van der Waals surface area contributed by atoms with Crippen molar-refractivity contribution in [1.29, 1.82) is 0 Å². The van der Waals surface area contributed by atoms with Crippen molar-refractivity contribution >= 4 is 48.0 Å². The van der Waals surface area contributed by atoms with Crippen LogP contribution in [0.2, 0.25) is 5.02 Å². The zero-order valence-corrected chi connectivity index (χ0v) is 20.2. The minimum Gasteiger partial charge on any atom is -0.493 e. The maximum Gasteiger partial charge on any atom is 0.229 e. The number of ether oxygens (including phenoxy) is 1. The van der Waals surface area contributed by atoms with E-state index in [1.165, 1.54) is 43.6 Å². The Labute approximate surface area is 194 Å². The Morgan fingerprint density at radius 3 is 2.56 bits per heavy atom. The normalized spacial score (nSPS) is 13.4. The number of halogens is 2. The van der Waals surface area contributed by atoms with Gasteiger partial charge >= 0.3 is 0 Å². The van der Waals surface area contributed by atoms with Gasteiger partial charge in [0.05, 0.1) is 19.0 Å². The van der Waals surface area contributed by atoms with E-state index in [1.54, 1.807) is 12.3 Å². The molecule has 1 aromatic heterocycles. The van der Waals surface area contributed by atoms with Gasteiger partial charge in [0, 0.05) is 11.0 Å². The average molecular weight is 473 g/mol. The maximum absolute atomic E-state index is 14.3. The summed E-state index contributed by atoms with van der Waals surface area (Å²) < 4.78 is 19.6. The second-order valence-electron chi connectivity index (χ2n) is 8.06. The molecule has 0 saturated carbocycles. The van der Waals surface area contributed by atoms with Crippen molar-refractivity contribution in [3.05, 3.63) is 58.5 Å². The molecule has 3 aromatic rings. The van der Waals surface area contributed by atoms with Crippen molar-refractivity contribution in [3.8, 4) is 5.75 Å². The summed E-state index contributed by atoms with van der Waals surface area (Å²) in [5.41, 5.74) is 4.49. The Morgan fingerprint density at radius 2 is 1.81 bits per heavy atom. The van der Waals surface area contributed by atoms with Crippen LogP contribution < -0.4 is 20.7 Å². The van der Waals surface area contributed by atoms with Crippen LogP contribution in [0.3, 0.4) is 0 Å². The molecule has 4 rings (SSSR count). The van der Waals surface area contributed by atoms with Gasteiger partial charge < -0.3 is 15.4 Å². The van der Waals surface area contributed by atoms with Gasteiger partial charge in [-0.25, -0.2) is 9.37 Å². The summed E-state index contributed by atoms with van der Waals surface area (Å²) in [6.45, 7) is 4.09. The third-order valence-corrected chi connectivity index (χ3v) is 7.20. The molecule has 0 unspecified atom stereocenters. The smallest absolute Gasteiger partial charge is 0.229 e. The lowest BCUT2D eigenvalue weighted by Crippen LogP contribution is -2.13. The number of rotatable bonds is 6. The van der Waals surface area contributed by atoms with Crippen LogP contribution >= 0.6 is 19.5 Å². The zero-order valence-electron chi connectivity index (χ0n) is 18.5. The lowest BCUT2D eigenvalue weighted by Gasteiger charge is -2.19. The molecule has 2 N–H and O–H groups in total. The summed E-state index contributed by atoms with van der Waals surface area (Å²) in [7, 11) is 0.828. The Balaban J connectivity index is 1.61. The molecular weight excluding hydrogens is 446 g/mol. The first-order chi connectivity index (χ1) is 15.5. The first-order valence-electron chi connectivity index (χ1n) is 10.7. The van der Waals surface area contributed by atoms with Crippen molar-refractivity contribution in [3.63, 3.8) is 0 Å². The summed E-state index contributed by atoms with van der Waals surface area (Å²) in [6.07, 6.45) is 7.56. The van der Waals surface area contributed by atoms with E-state index < -0.39 is 7.92 Å². The number of hydrogen-bond donors (Lipinski definition) is 2. The Bertz CT molecular complexity index is 1130. The van der Waals surface area contributed by atoms with Gasteiger partial charge in [-0.2, -0.15) is 4.98 Å². The van der Waals surface area contributed by atoms with Crippen LogP contribution in [0.4, 0.5) is 27.5 Å². The molecule has 0 radical (unpaired) electrons. The second-order valence-corrected chi connectivity index (χ2v) is 10.7. The lowest BCUT2D eigenvalue weighted by atomic mass is 10.0. The topological polar surface area (TPSA) is 59.1 Å². The number of fused-ring (bicyclic) bond motifs is 1. The van der Waals surface area contributed by atoms with Crippen LogP contribution in [0, 0.1) is 5.82 Å². The molecule has 8 heteroatoms. The summed E-state index contributed by atoms with van der Waals surface area (Å²) in [5.74, 6) is 0.755. The van der Waals surface area contributed by atoms with E-state index in [-0.39, 0.29) is 11.6 Å². The van der Waals surface area contributed by atoms with Gasteiger partial charge in [-0.15, -0.1) is 0 Å². The monoisotopic (exact) mass is 472 g/mol. The number of anilines is 4. The van der Waals surface area contributed by atoms with Gasteiger partial charge in [0.2, 0.25) is 5.95 Å². The number of hydrogen-bond acceptors (Lipinski definition) is 5. The van der Waals surface area contributed by atoms with Gasteiger partial charge in [0.1, 0.15) is 5.02 Å². The fourth-order valence-corrected chi connectivity index (χ4v) is 5.40. The molecule has 32 heavy (non-hydrogen) atoms. The van der Waals surface area contributed by atoms with Gasteiger partial charge in [0.15, 0.2) is 17.4 Å². The molecule has 1 heterocycles. The first kappa shape index (κ1) is 22.8. The summed E-state index contributed by atoms with van der Waals surface area (Å²) >= 11 is 6.38. The highest BCUT2D eigenvalue weighted by atomic mass is 35.5. The van der Waals surface area contributed by atoms with Gasteiger partial charge in [0.25, 0.3) is 0 Å². The minimum atomic E-state index is -0.649. The van der Waals surface area contributed by atoms with E-state index in [2.05, 4.69) is 38.8 Å². The van der Waals surface area contributed by atoms with E-state index in [9.17, 15) is 4.39 Å². The second kappa shape index (κ2) is 10.0. The van der Waals surface area contributed by atoms with Crippen LogP contribution in [0.15, 0.2) is 36.5 Å². The molecule has 0 saturated heterocycles. The van der Waals surface area contributed by atoms with Crippen molar-refractivity contribution in [2.24, 2.45) is 0 Å². The van der Waals surface area contributed by atoms with Gasteiger partial charge in [-0.1, -0.05) is 32.0 Å². The number of methoxy groups -OCH3 is 1. The van der Waals surface area contributed by atoms with Gasteiger partial charge in [-0.05, 0) is 74.4 Å². The molecule has 0 amide bonds. The molecule has 0 fully saturated rings. The summed E-state index contributed by atoms with van der Waals surface area (Å²) in [6, 6.07) is 9.52. The van der Waals surface area contributed by atoms with E-state index in [0.29, 0.717) is 16.8 Å². The third kappa shape index (κ3) is 4.97. The highest BCUT2D eigenvalue weighted by Crippen LogP contribution is 2.37. The fraction of sp³-hybridized carbons (Fsp3) is 0.333. The molecule has 168 valence electrons. The van der Waals surface area contributed by atoms with Gasteiger partial charge in [-0.3, -0.25) is 0 Å². The molecule has 0 aliphatic heterocycles. The number of nitrogens with zero attached hydrogens (tertiary/aromatic N) is 2. The van der Waals surface area contributed by atoms with E-state index >= 15 is 0 Å². The molecule has 1 aliphatic rings. The molecule has 5 nitrogen and oxygen atoms in total. The largest absolute Gasteiger partial charge is 0.493 e. The Morgan fingerprint density at radius 1 is 1.03 bits per heavy atom. The molecule has 0 bridgehead atoms. The molecular formula is C24H27ClFN4OP. The Hall–Kier alpha value is -2.43. The van der Waals surface area contributed by atoms with Crippen molar-refractivity contribution < 1.29 is 9.13 Å². The summed E-state index contributed by atoms with van der Waals surface area (Å²) in [4.78, 5) is 8.92. The van der Waals surface area contributed by atoms with E-state index in [0.717, 1.165) is 29.5 Å². The maximum atomic E-state index is 14.3. The molecule has 2 aromatic carbocycles. The predicted octanol–water partition coefficient (Wildman–Crippen LogP) is 6.40. The minimum absolute atomic E-state index is 0.250. The van der Waals surface area contributed by atoms with Crippen LogP contribution in [0.1, 0.15) is 30.4 Å².